The third-order valence-corrected chi connectivity index (χ3v) is 5.34. The Kier molecular flexibility index (Phi) is 4.65. The number of rotatable bonds is 4. The maximum atomic E-state index is 12.8. The Hall–Kier alpha value is -2.74. The molecule has 2 N–H and O–H groups in total. The van der Waals surface area contributed by atoms with Gasteiger partial charge in [0.15, 0.2) is 11.3 Å². The van der Waals surface area contributed by atoms with Crippen LogP contribution in [-0.4, -0.2) is 61.8 Å². The number of nitrogens with zero attached hydrogens (tertiary/aromatic N) is 5. The van der Waals surface area contributed by atoms with Crippen LogP contribution in [0.5, 0.6) is 0 Å². The molecular weight excluding hydrogens is 342 g/mol. The van der Waals surface area contributed by atoms with Crippen LogP contribution in [0.15, 0.2) is 18.6 Å². The van der Waals surface area contributed by atoms with Gasteiger partial charge in [0.1, 0.15) is 6.33 Å². The number of carbonyl (C=O) groups excluding carboxylic acids is 1. The van der Waals surface area contributed by atoms with Crippen molar-refractivity contribution in [1.82, 2.24) is 35.0 Å². The van der Waals surface area contributed by atoms with Crippen LogP contribution in [0.25, 0.3) is 16.9 Å². The summed E-state index contributed by atoms with van der Waals surface area (Å²) in [5.74, 6) is -0.0949. The minimum atomic E-state index is -0.0949. The van der Waals surface area contributed by atoms with Crippen molar-refractivity contribution >= 4 is 11.6 Å². The predicted octanol–water partition coefficient (Wildman–Crippen LogP) is 1.81. The van der Waals surface area contributed by atoms with E-state index in [4.69, 9.17) is 0 Å². The van der Waals surface area contributed by atoms with Crippen LogP contribution < -0.4 is 5.32 Å². The second-order valence-electron chi connectivity index (χ2n) is 7.27. The first kappa shape index (κ1) is 17.7. The van der Waals surface area contributed by atoms with E-state index in [9.17, 15) is 4.79 Å². The van der Waals surface area contributed by atoms with Crippen molar-refractivity contribution in [3.8, 4) is 11.3 Å². The summed E-state index contributed by atoms with van der Waals surface area (Å²) in [6.45, 7) is 6.06. The summed E-state index contributed by atoms with van der Waals surface area (Å²) in [5.41, 5.74) is 5.09. The van der Waals surface area contributed by atoms with Gasteiger partial charge < -0.3 is 10.2 Å². The largest absolute Gasteiger partial charge is 0.348 e. The summed E-state index contributed by atoms with van der Waals surface area (Å²) in [7, 11) is 2.11. The minimum absolute atomic E-state index is 0.0949. The first-order chi connectivity index (χ1) is 13.1. The Morgan fingerprint density at radius 1 is 1.37 bits per heavy atom. The van der Waals surface area contributed by atoms with Crippen LogP contribution in [0.4, 0.5) is 0 Å². The number of H-pyrrole nitrogens is 1. The standard InChI is InChI=1S/C19H25N7O/c1-4-15-16(13-9-12(2)18-20-11-21-26(18)10-13)23-24-17(15)19(27)22-14-5-7-25(3)8-6-14/h9-11,14H,4-8H2,1-3H3,(H,22,27)(H,23,24). The van der Waals surface area contributed by atoms with Crippen LogP contribution >= 0.6 is 0 Å². The molecule has 1 saturated heterocycles. The monoisotopic (exact) mass is 367 g/mol. The van der Waals surface area contributed by atoms with Crippen molar-refractivity contribution in [2.24, 2.45) is 0 Å². The molecule has 0 bridgehead atoms. The molecule has 0 aromatic carbocycles. The van der Waals surface area contributed by atoms with E-state index in [2.05, 4.69) is 43.6 Å². The highest BCUT2D eigenvalue weighted by Crippen LogP contribution is 2.26. The summed E-state index contributed by atoms with van der Waals surface area (Å²) in [4.78, 5) is 19.4. The first-order valence-electron chi connectivity index (χ1n) is 9.43. The fraction of sp³-hybridized carbons (Fsp3) is 0.474. The van der Waals surface area contributed by atoms with Gasteiger partial charge in [-0.2, -0.15) is 10.2 Å². The van der Waals surface area contributed by atoms with Crippen LogP contribution in [0.3, 0.4) is 0 Å². The van der Waals surface area contributed by atoms with Gasteiger partial charge in [-0.05, 0) is 58.0 Å². The molecular formula is C19H25N7O. The Balaban J connectivity index is 1.62. The molecule has 1 aliphatic heterocycles. The van der Waals surface area contributed by atoms with Crippen molar-refractivity contribution in [2.75, 3.05) is 20.1 Å². The SMILES string of the molecule is CCc1c(C(=O)NC2CCN(C)CC2)n[nH]c1-c1cc(C)c2ncnn2c1. The van der Waals surface area contributed by atoms with E-state index in [1.54, 1.807) is 10.8 Å². The molecule has 142 valence electrons. The number of aryl methyl sites for hydroxylation is 1. The third-order valence-electron chi connectivity index (χ3n) is 5.34. The van der Waals surface area contributed by atoms with Gasteiger partial charge in [-0.3, -0.25) is 9.89 Å². The molecule has 0 unspecified atom stereocenters. The number of amides is 1. The number of hydrogen-bond donors (Lipinski definition) is 2. The first-order valence-corrected chi connectivity index (χ1v) is 9.43. The average Bonchev–Trinajstić information content (AvgIpc) is 3.30. The molecule has 0 saturated carbocycles. The molecule has 0 spiro atoms. The summed E-state index contributed by atoms with van der Waals surface area (Å²) in [6, 6.07) is 2.27. The number of aromatic nitrogens is 5. The highest BCUT2D eigenvalue weighted by molar-refractivity contribution is 5.95. The van der Waals surface area contributed by atoms with E-state index in [1.807, 2.05) is 20.0 Å². The molecule has 1 aliphatic rings. The van der Waals surface area contributed by atoms with E-state index in [0.29, 0.717) is 5.69 Å². The fourth-order valence-electron chi connectivity index (χ4n) is 3.77. The van der Waals surface area contributed by atoms with E-state index in [0.717, 1.165) is 60.4 Å². The lowest BCUT2D eigenvalue weighted by atomic mass is 10.0. The quantitative estimate of drug-likeness (QED) is 0.734. The van der Waals surface area contributed by atoms with E-state index in [-0.39, 0.29) is 11.9 Å². The van der Waals surface area contributed by atoms with Crippen molar-refractivity contribution < 1.29 is 4.79 Å². The van der Waals surface area contributed by atoms with Gasteiger partial charge in [-0.15, -0.1) is 0 Å². The number of hydrogen-bond acceptors (Lipinski definition) is 5. The van der Waals surface area contributed by atoms with Gasteiger partial charge in [0.2, 0.25) is 0 Å². The van der Waals surface area contributed by atoms with Gasteiger partial charge >= 0.3 is 0 Å². The highest BCUT2D eigenvalue weighted by Gasteiger charge is 2.24. The van der Waals surface area contributed by atoms with Crippen molar-refractivity contribution in [2.45, 2.75) is 39.2 Å². The maximum Gasteiger partial charge on any atom is 0.272 e. The molecule has 1 fully saturated rings. The Bertz CT molecular complexity index is 966. The molecule has 0 atom stereocenters. The highest BCUT2D eigenvalue weighted by atomic mass is 16.2. The van der Waals surface area contributed by atoms with Crippen LogP contribution in [0.2, 0.25) is 0 Å². The fourth-order valence-corrected chi connectivity index (χ4v) is 3.77. The molecule has 8 nitrogen and oxygen atoms in total. The number of piperidine rings is 1. The number of aromatic amines is 1. The molecule has 3 aromatic heterocycles. The molecule has 3 aromatic rings. The van der Waals surface area contributed by atoms with E-state index < -0.39 is 0 Å². The lowest BCUT2D eigenvalue weighted by molar-refractivity contribution is 0.0911. The molecule has 0 radical (unpaired) electrons. The second-order valence-corrected chi connectivity index (χ2v) is 7.27. The van der Waals surface area contributed by atoms with Crippen LogP contribution in [0.1, 0.15) is 41.4 Å². The Morgan fingerprint density at radius 2 is 2.15 bits per heavy atom. The summed E-state index contributed by atoms with van der Waals surface area (Å²) >= 11 is 0. The van der Waals surface area contributed by atoms with Crippen LogP contribution in [-0.2, 0) is 6.42 Å². The smallest absolute Gasteiger partial charge is 0.272 e. The second kappa shape index (κ2) is 7.11. The van der Waals surface area contributed by atoms with Crippen molar-refractivity contribution in [3.63, 3.8) is 0 Å². The molecule has 0 aliphatic carbocycles. The lowest BCUT2D eigenvalue weighted by Gasteiger charge is -2.29. The zero-order valence-corrected chi connectivity index (χ0v) is 16.0. The minimum Gasteiger partial charge on any atom is -0.348 e. The van der Waals surface area contributed by atoms with Gasteiger partial charge in [-0.25, -0.2) is 9.50 Å². The number of nitrogens with one attached hydrogen (secondary N) is 2. The third kappa shape index (κ3) is 3.32. The number of pyridine rings is 1. The average molecular weight is 367 g/mol. The summed E-state index contributed by atoms with van der Waals surface area (Å²) in [5, 5.41) is 14.8. The summed E-state index contributed by atoms with van der Waals surface area (Å²) in [6.07, 6.45) is 6.13. The van der Waals surface area contributed by atoms with Crippen molar-refractivity contribution in [1.29, 1.82) is 0 Å². The topological polar surface area (TPSA) is 91.2 Å². The molecule has 8 heteroatoms. The number of fused-ring (bicyclic) bond motifs is 1. The van der Waals surface area contributed by atoms with Crippen molar-refractivity contribution in [3.05, 3.63) is 35.4 Å². The zero-order valence-electron chi connectivity index (χ0n) is 16.0. The molecule has 4 rings (SSSR count). The molecule has 1 amide bonds. The summed E-state index contributed by atoms with van der Waals surface area (Å²) < 4.78 is 1.75. The number of carbonyl (C=O) groups is 1. The normalized spacial score (nSPS) is 16.1. The molecule has 27 heavy (non-hydrogen) atoms. The van der Waals surface area contributed by atoms with E-state index >= 15 is 0 Å². The van der Waals surface area contributed by atoms with E-state index in [1.165, 1.54) is 0 Å². The Morgan fingerprint density at radius 3 is 2.89 bits per heavy atom. The Labute approximate surface area is 158 Å². The van der Waals surface area contributed by atoms with Gasteiger partial charge in [0.25, 0.3) is 5.91 Å². The maximum absolute atomic E-state index is 12.8. The lowest BCUT2D eigenvalue weighted by Crippen LogP contribution is -2.43. The van der Waals surface area contributed by atoms with Gasteiger partial charge in [0.05, 0.1) is 5.69 Å². The molecule has 4 heterocycles. The van der Waals surface area contributed by atoms with Crippen LogP contribution in [0, 0.1) is 6.92 Å². The predicted molar refractivity (Wildman–Crippen MR) is 103 cm³/mol. The van der Waals surface area contributed by atoms with Gasteiger partial charge in [-0.1, -0.05) is 6.92 Å². The number of likely N-dealkylation sites (tertiary alicyclic amines) is 1. The van der Waals surface area contributed by atoms with Gasteiger partial charge in [0, 0.05) is 23.4 Å². The zero-order chi connectivity index (χ0) is 19.0.